The maximum atomic E-state index is 5.92. The summed E-state index contributed by atoms with van der Waals surface area (Å²) in [6.45, 7) is 7.99. The summed E-state index contributed by atoms with van der Waals surface area (Å²) in [5, 5.41) is 0.582. The lowest BCUT2D eigenvalue weighted by atomic mass is 10.2. The molecule has 2 rings (SSSR count). The van der Waals surface area contributed by atoms with Crippen LogP contribution in [0, 0.1) is 6.92 Å². The molecule has 0 amide bonds. The van der Waals surface area contributed by atoms with Gasteiger partial charge in [0, 0.05) is 13.1 Å². The minimum absolute atomic E-state index is 0.264. The molecule has 0 bridgehead atoms. The highest BCUT2D eigenvalue weighted by Gasteiger charge is 2.22. The van der Waals surface area contributed by atoms with Crippen molar-refractivity contribution in [3.05, 3.63) is 23.0 Å². The number of anilines is 1. The van der Waals surface area contributed by atoms with Gasteiger partial charge in [-0.15, -0.1) is 0 Å². The molecule has 2 atom stereocenters. The monoisotopic (exact) mass is 240 g/mol. The van der Waals surface area contributed by atoms with Crippen molar-refractivity contribution in [2.75, 3.05) is 18.0 Å². The number of aryl methyl sites for hydroxylation is 1. The summed E-state index contributed by atoms with van der Waals surface area (Å²) in [5.41, 5.74) is 2.15. The summed E-state index contributed by atoms with van der Waals surface area (Å²) in [4.78, 5) is 6.49. The molecule has 1 saturated heterocycles. The summed E-state index contributed by atoms with van der Waals surface area (Å²) >= 11 is 5.92. The highest BCUT2D eigenvalue weighted by Crippen LogP contribution is 2.23. The van der Waals surface area contributed by atoms with Crippen LogP contribution in [0.3, 0.4) is 0 Å². The molecule has 1 aromatic rings. The van der Waals surface area contributed by atoms with Crippen molar-refractivity contribution >= 4 is 17.3 Å². The Hall–Kier alpha value is -0.800. The predicted octanol–water partition coefficient (Wildman–Crippen LogP) is 2.66. The van der Waals surface area contributed by atoms with Gasteiger partial charge in [-0.2, -0.15) is 0 Å². The van der Waals surface area contributed by atoms with Gasteiger partial charge < -0.3 is 9.64 Å². The molecule has 0 spiro atoms. The normalized spacial score (nSPS) is 25.9. The largest absolute Gasteiger partial charge is 0.372 e. The Morgan fingerprint density at radius 2 is 2.00 bits per heavy atom. The molecule has 1 aliphatic heterocycles. The first kappa shape index (κ1) is 11.7. The summed E-state index contributed by atoms with van der Waals surface area (Å²) < 4.78 is 5.70. The van der Waals surface area contributed by atoms with Crippen LogP contribution in [0.2, 0.25) is 5.15 Å². The van der Waals surface area contributed by atoms with Crippen molar-refractivity contribution in [1.29, 1.82) is 0 Å². The molecule has 1 aromatic heterocycles. The number of rotatable bonds is 1. The molecule has 0 N–H and O–H groups in total. The second-order valence-corrected chi connectivity index (χ2v) is 4.82. The van der Waals surface area contributed by atoms with Crippen LogP contribution >= 0.6 is 11.6 Å². The smallest absolute Gasteiger partial charge is 0.132 e. The molecule has 2 heterocycles. The Morgan fingerprint density at radius 1 is 1.38 bits per heavy atom. The zero-order valence-electron chi connectivity index (χ0n) is 9.90. The van der Waals surface area contributed by atoms with Crippen LogP contribution in [0.5, 0.6) is 0 Å². The number of hydrogen-bond acceptors (Lipinski definition) is 3. The summed E-state index contributed by atoms with van der Waals surface area (Å²) in [5.74, 6) is 0. The summed E-state index contributed by atoms with van der Waals surface area (Å²) in [6.07, 6.45) is 2.36. The molecular formula is C12H17ClN2O. The number of ether oxygens (including phenoxy) is 1. The van der Waals surface area contributed by atoms with E-state index < -0.39 is 0 Å². The van der Waals surface area contributed by atoms with E-state index >= 15 is 0 Å². The molecule has 0 aliphatic carbocycles. The quantitative estimate of drug-likeness (QED) is 0.706. The molecule has 0 aromatic carbocycles. The van der Waals surface area contributed by atoms with Crippen molar-refractivity contribution < 1.29 is 4.74 Å². The van der Waals surface area contributed by atoms with Gasteiger partial charge in [0.05, 0.1) is 24.1 Å². The molecule has 1 aliphatic rings. The molecule has 88 valence electrons. The first-order valence-electron chi connectivity index (χ1n) is 5.59. The predicted molar refractivity (Wildman–Crippen MR) is 66.2 cm³/mol. The second-order valence-electron chi connectivity index (χ2n) is 4.46. The van der Waals surface area contributed by atoms with Gasteiger partial charge >= 0.3 is 0 Å². The number of nitrogens with zero attached hydrogens (tertiary/aromatic N) is 2. The first-order valence-corrected chi connectivity index (χ1v) is 5.96. The van der Waals surface area contributed by atoms with Gasteiger partial charge in [0.25, 0.3) is 0 Å². The van der Waals surface area contributed by atoms with Gasteiger partial charge in [0.15, 0.2) is 0 Å². The van der Waals surface area contributed by atoms with Gasteiger partial charge in [-0.25, -0.2) is 4.98 Å². The lowest BCUT2D eigenvalue weighted by Crippen LogP contribution is -2.45. The molecule has 4 heteroatoms. The first-order chi connectivity index (χ1) is 7.56. The number of hydrogen-bond donors (Lipinski definition) is 0. The van der Waals surface area contributed by atoms with Crippen molar-refractivity contribution in [1.82, 2.24) is 4.98 Å². The van der Waals surface area contributed by atoms with E-state index in [4.69, 9.17) is 16.3 Å². The van der Waals surface area contributed by atoms with E-state index in [9.17, 15) is 0 Å². The topological polar surface area (TPSA) is 25.4 Å². The van der Waals surface area contributed by atoms with E-state index in [2.05, 4.69) is 29.8 Å². The Kier molecular flexibility index (Phi) is 3.36. The molecular weight excluding hydrogens is 224 g/mol. The van der Waals surface area contributed by atoms with Crippen molar-refractivity contribution in [3.8, 4) is 0 Å². The van der Waals surface area contributed by atoms with Gasteiger partial charge in [-0.3, -0.25) is 0 Å². The molecule has 3 nitrogen and oxygen atoms in total. The Bertz CT molecular complexity index is 373. The molecule has 0 saturated carbocycles. The van der Waals surface area contributed by atoms with Gasteiger partial charge in [-0.05, 0) is 32.4 Å². The number of pyridine rings is 1. The Balaban J connectivity index is 2.19. The zero-order valence-corrected chi connectivity index (χ0v) is 10.7. The fourth-order valence-corrected chi connectivity index (χ4v) is 2.21. The minimum atomic E-state index is 0.264. The van der Waals surface area contributed by atoms with Crippen LogP contribution in [-0.4, -0.2) is 30.3 Å². The van der Waals surface area contributed by atoms with Crippen LogP contribution in [0.1, 0.15) is 19.4 Å². The van der Waals surface area contributed by atoms with E-state index in [1.165, 1.54) is 0 Å². The second kappa shape index (κ2) is 4.60. The standard InChI is InChI=1S/C12H17ClN2O/c1-8-4-11(5-14-12(8)13)15-6-9(2)16-10(3)7-15/h4-5,9-10H,6-7H2,1-3H3. The van der Waals surface area contributed by atoms with E-state index in [-0.39, 0.29) is 12.2 Å². The lowest BCUT2D eigenvalue weighted by molar-refractivity contribution is -0.00523. The summed E-state index contributed by atoms with van der Waals surface area (Å²) in [7, 11) is 0. The van der Waals surface area contributed by atoms with Gasteiger partial charge in [0.1, 0.15) is 5.15 Å². The maximum absolute atomic E-state index is 5.92. The number of halogens is 1. The van der Waals surface area contributed by atoms with Crippen LogP contribution in [0.4, 0.5) is 5.69 Å². The van der Waals surface area contributed by atoms with Crippen LogP contribution in [0.15, 0.2) is 12.3 Å². The van der Waals surface area contributed by atoms with Crippen molar-refractivity contribution in [2.45, 2.75) is 33.0 Å². The molecule has 1 fully saturated rings. The van der Waals surface area contributed by atoms with Crippen LogP contribution in [0.25, 0.3) is 0 Å². The SMILES string of the molecule is Cc1cc(N2CC(C)OC(C)C2)cnc1Cl. The maximum Gasteiger partial charge on any atom is 0.132 e. The third-order valence-corrected chi connectivity index (χ3v) is 3.18. The van der Waals surface area contributed by atoms with E-state index in [0.29, 0.717) is 5.15 Å². The van der Waals surface area contributed by atoms with Crippen LogP contribution in [-0.2, 0) is 4.74 Å². The third-order valence-electron chi connectivity index (χ3n) is 2.78. The van der Waals surface area contributed by atoms with Gasteiger partial charge in [-0.1, -0.05) is 11.6 Å². The van der Waals surface area contributed by atoms with Crippen LogP contribution < -0.4 is 4.90 Å². The summed E-state index contributed by atoms with van der Waals surface area (Å²) in [6, 6.07) is 2.08. The highest BCUT2D eigenvalue weighted by molar-refractivity contribution is 6.30. The van der Waals surface area contributed by atoms with E-state index in [1.807, 2.05) is 13.1 Å². The number of aromatic nitrogens is 1. The molecule has 16 heavy (non-hydrogen) atoms. The fourth-order valence-electron chi connectivity index (χ4n) is 2.10. The van der Waals surface area contributed by atoms with Crippen molar-refractivity contribution in [3.63, 3.8) is 0 Å². The minimum Gasteiger partial charge on any atom is -0.372 e. The van der Waals surface area contributed by atoms with E-state index in [0.717, 1.165) is 24.3 Å². The molecule has 0 radical (unpaired) electrons. The Labute approximate surface area is 101 Å². The molecule has 2 unspecified atom stereocenters. The fraction of sp³-hybridized carbons (Fsp3) is 0.583. The zero-order chi connectivity index (χ0) is 11.7. The van der Waals surface area contributed by atoms with E-state index in [1.54, 1.807) is 0 Å². The number of morpholine rings is 1. The average Bonchev–Trinajstić information content (AvgIpc) is 2.20. The average molecular weight is 241 g/mol. The van der Waals surface area contributed by atoms with Crippen molar-refractivity contribution in [2.24, 2.45) is 0 Å². The Morgan fingerprint density at radius 3 is 2.56 bits per heavy atom. The van der Waals surface area contributed by atoms with Gasteiger partial charge in [0.2, 0.25) is 0 Å². The highest BCUT2D eigenvalue weighted by atomic mass is 35.5. The third kappa shape index (κ3) is 2.47. The lowest BCUT2D eigenvalue weighted by Gasteiger charge is -2.36.